The second-order valence-corrected chi connectivity index (χ2v) is 8.48. The van der Waals surface area contributed by atoms with Gasteiger partial charge in [-0.25, -0.2) is 4.98 Å². The molecule has 1 aliphatic carbocycles. The van der Waals surface area contributed by atoms with Gasteiger partial charge in [-0.1, -0.05) is 17.3 Å². The van der Waals surface area contributed by atoms with Crippen molar-refractivity contribution in [2.75, 3.05) is 13.2 Å². The van der Waals surface area contributed by atoms with E-state index in [4.69, 9.17) is 9.26 Å². The first-order chi connectivity index (χ1) is 15.1. The van der Waals surface area contributed by atoms with Gasteiger partial charge in [-0.15, -0.1) is 0 Å². The number of hydrogen-bond acceptors (Lipinski definition) is 6. The number of nitrogens with zero attached hydrogens (tertiary/aromatic N) is 3. The number of carbonyl (C=O) groups excluding carboxylic acids is 1. The molecule has 160 valence electrons. The Morgan fingerprint density at radius 2 is 2.03 bits per heavy atom. The van der Waals surface area contributed by atoms with Crippen LogP contribution in [0, 0.1) is 19.8 Å². The van der Waals surface area contributed by atoms with Gasteiger partial charge in [-0.05, 0) is 62.3 Å². The molecule has 0 spiro atoms. The van der Waals surface area contributed by atoms with E-state index in [1.807, 2.05) is 13.8 Å². The van der Waals surface area contributed by atoms with Crippen LogP contribution >= 0.6 is 0 Å². The lowest BCUT2D eigenvalue weighted by atomic mass is 9.94. The summed E-state index contributed by atoms with van der Waals surface area (Å²) in [5.74, 6) is 2.32. The smallest absolute Gasteiger partial charge is 0.254 e. The summed E-state index contributed by atoms with van der Waals surface area (Å²) >= 11 is 0. The molecule has 3 heterocycles. The predicted octanol–water partition coefficient (Wildman–Crippen LogP) is 4.56. The van der Waals surface area contributed by atoms with E-state index in [-0.39, 0.29) is 5.78 Å². The van der Waals surface area contributed by atoms with Crippen LogP contribution in [0.4, 0.5) is 0 Å². The third-order valence-corrected chi connectivity index (χ3v) is 6.20. The van der Waals surface area contributed by atoms with Crippen LogP contribution in [-0.2, 0) is 11.2 Å². The molecule has 0 saturated carbocycles. The van der Waals surface area contributed by atoms with E-state index >= 15 is 0 Å². The number of allylic oxidation sites excluding steroid dienone is 1. The van der Waals surface area contributed by atoms with E-state index in [1.165, 1.54) is 5.56 Å². The summed E-state index contributed by atoms with van der Waals surface area (Å²) in [7, 11) is 0. The lowest BCUT2D eigenvalue weighted by molar-refractivity contribution is 0.0618. The minimum absolute atomic E-state index is 0.0796. The highest BCUT2D eigenvalue weighted by Gasteiger charge is 2.22. The van der Waals surface area contributed by atoms with E-state index < -0.39 is 0 Å². The van der Waals surface area contributed by atoms with Crippen LogP contribution in [0.1, 0.15) is 64.8 Å². The minimum atomic E-state index is 0.0796. The Hall–Kier alpha value is -3.06. The number of Topliss-reactive ketones (excluding diaryl/α,β-unsaturated/α-hetero) is 1. The zero-order valence-corrected chi connectivity index (χ0v) is 17.9. The van der Waals surface area contributed by atoms with Crippen LogP contribution in [0.3, 0.4) is 0 Å². The highest BCUT2D eigenvalue weighted by molar-refractivity contribution is 5.93. The van der Waals surface area contributed by atoms with Gasteiger partial charge in [0, 0.05) is 42.9 Å². The molecule has 1 N–H and O–H groups in total. The first-order valence-electron chi connectivity index (χ1n) is 10.9. The van der Waals surface area contributed by atoms with Gasteiger partial charge < -0.3 is 14.2 Å². The Bertz CT molecular complexity index is 1150. The van der Waals surface area contributed by atoms with Crippen molar-refractivity contribution in [1.82, 2.24) is 20.1 Å². The Balaban J connectivity index is 1.33. The van der Waals surface area contributed by atoms with Crippen molar-refractivity contribution in [2.45, 2.75) is 46.0 Å². The van der Waals surface area contributed by atoms with Crippen molar-refractivity contribution in [3.05, 3.63) is 52.6 Å². The summed E-state index contributed by atoms with van der Waals surface area (Å²) in [6.07, 6.45) is 6.38. The van der Waals surface area contributed by atoms with Gasteiger partial charge in [0.15, 0.2) is 17.4 Å². The maximum Gasteiger partial charge on any atom is 0.254 e. The number of H-pyrrole nitrogens is 1. The molecule has 0 bridgehead atoms. The van der Waals surface area contributed by atoms with E-state index in [0.29, 0.717) is 29.9 Å². The molecular weight excluding hydrogens is 392 g/mol. The SMILES string of the molecule is Cc1noc(C2=Cc3cc(-c4nc(C(=O)CCC5CCOCC5)[nH]c4C)ccc3C2)n1. The van der Waals surface area contributed by atoms with Crippen LogP contribution in [0.25, 0.3) is 22.9 Å². The Morgan fingerprint density at radius 1 is 1.19 bits per heavy atom. The van der Waals surface area contributed by atoms with E-state index in [0.717, 1.165) is 67.0 Å². The lowest BCUT2D eigenvalue weighted by Crippen LogP contribution is -2.16. The molecule has 7 heteroatoms. The van der Waals surface area contributed by atoms with E-state index in [1.54, 1.807) is 0 Å². The molecule has 1 fully saturated rings. The van der Waals surface area contributed by atoms with Crippen molar-refractivity contribution in [3.8, 4) is 11.3 Å². The molecule has 2 aromatic heterocycles. The summed E-state index contributed by atoms with van der Waals surface area (Å²) < 4.78 is 10.7. The number of carbonyl (C=O) groups is 1. The Kier molecular flexibility index (Phi) is 5.28. The summed E-state index contributed by atoms with van der Waals surface area (Å²) in [5, 5.41) is 3.89. The van der Waals surface area contributed by atoms with Crippen molar-refractivity contribution in [3.63, 3.8) is 0 Å². The number of aromatic amines is 1. The highest BCUT2D eigenvalue weighted by atomic mass is 16.5. The third kappa shape index (κ3) is 4.10. The molecular formula is C24H26N4O3. The van der Waals surface area contributed by atoms with Crippen LogP contribution in [-0.4, -0.2) is 39.1 Å². The summed E-state index contributed by atoms with van der Waals surface area (Å²) in [5.41, 5.74) is 6.09. The van der Waals surface area contributed by atoms with Gasteiger partial charge in [0.1, 0.15) is 0 Å². The number of fused-ring (bicyclic) bond motifs is 1. The van der Waals surface area contributed by atoms with Gasteiger partial charge in [0.05, 0.1) is 5.69 Å². The number of nitrogens with one attached hydrogen (secondary N) is 1. The number of hydrogen-bond donors (Lipinski definition) is 1. The Labute approximate surface area is 180 Å². The van der Waals surface area contributed by atoms with Crippen LogP contribution in [0.5, 0.6) is 0 Å². The summed E-state index contributed by atoms with van der Waals surface area (Å²) in [6.45, 7) is 5.40. The molecule has 31 heavy (non-hydrogen) atoms. The number of aromatic nitrogens is 4. The van der Waals surface area contributed by atoms with Crippen LogP contribution < -0.4 is 0 Å². The second kappa shape index (κ2) is 8.23. The number of rotatable bonds is 6. The van der Waals surface area contributed by atoms with Gasteiger partial charge in [0.2, 0.25) is 0 Å². The van der Waals surface area contributed by atoms with Crippen molar-refractivity contribution >= 4 is 17.4 Å². The molecule has 0 unspecified atom stereocenters. The molecule has 2 aliphatic rings. The molecule has 0 atom stereocenters. The largest absolute Gasteiger partial charge is 0.381 e. The molecule has 1 aliphatic heterocycles. The zero-order valence-electron chi connectivity index (χ0n) is 17.9. The summed E-state index contributed by atoms with van der Waals surface area (Å²) in [6, 6.07) is 6.29. The first-order valence-corrected chi connectivity index (χ1v) is 10.9. The van der Waals surface area contributed by atoms with Crippen LogP contribution in [0.2, 0.25) is 0 Å². The first kappa shape index (κ1) is 19.9. The fourth-order valence-corrected chi connectivity index (χ4v) is 4.41. The maximum absolute atomic E-state index is 12.7. The molecule has 0 amide bonds. The van der Waals surface area contributed by atoms with Gasteiger partial charge in [0.25, 0.3) is 5.89 Å². The average molecular weight is 418 g/mol. The predicted molar refractivity (Wildman–Crippen MR) is 116 cm³/mol. The number of aryl methyl sites for hydroxylation is 2. The quantitative estimate of drug-likeness (QED) is 0.590. The molecule has 0 radical (unpaired) electrons. The number of ketones is 1. The molecule has 7 nitrogen and oxygen atoms in total. The van der Waals surface area contributed by atoms with E-state index in [2.05, 4.69) is 44.4 Å². The van der Waals surface area contributed by atoms with Crippen molar-refractivity contribution in [2.24, 2.45) is 5.92 Å². The fourth-order valence-electron chi connectivity index (χ4n) is 4.41. The number of imidazole rings is 1. The number of benzene rings is 1. The van der Waals surface area contributed by atoms with Gasteiger partial charge in [-0.2, -0.15) is 4.98 Å². The monoisotopic (exact) mass is 418 g/mol. The Morgan fingerprint density at radius 3 is 2.81 bits per heavy atom. The molecule has 3 aromatic rings. The third-order valence-electron chi connectivity index (χ3n) is 6.20. The average Bonchev–Trinajstić information content (AvgIpc) is 3.50. The second-order valence-electron chi connectivity index (χ2n) is 8.48. The zero-order chi connectivity index (χ0) is 21.4. The van der Waals surface area contributed by atoms with Crippen molar-refractivity contribution < 1.29 is 14.1 Å². The standard InChI is InChI=1S/C24H26N4O3/c1-14-22(27-23(25-14)21(29)6-3-16-7-9-30-10-8-16)18-5-4-17-11-20(13-19(17)12-18)24-26-15(2)28-31-24/h4-5,12-13,16H,3,6-11H2,1-2H3,(H,25,27). The molecule has 5 rings (SSSR count). The van der Waals surface area contributed by atoms with Gasteiger partial charge in [-0.3, -0.25) is 4.79 Å². The fraction of sp³-hybridized carbons (Fsp3) is 0.417. The van der Waals surface area contributed by atoms with Crippen LogP contribution in [0.15, 0.2) is 22.7 Å². The normalized spacial score (nSPS) is 16.4. The summed E-state index contributed by atoms with van der Waals surface area (Å²) in [4.78, 5) is 24.9. The van der Waals surface area contributed by atoms with E-state index in [9.17, 15) is 4.79 Å². The molecule has 1 aromatic carbocycles. The number of ether oxygens (including phenoxy) is 1. The topological polar surface area (TPSA) is 93.9 Å². The van der Waals surface area contributed by atoms with Gasteiger partial charge >= 0.3 is 0 Å². The van der Waals surface area contributed by atoms with Crippen molar-refractivity contribution in [1.29, 1.82) is 0 Å². The minimum Gasteiger partial charge on any atom is -0.381 e. The molecule has 1 saturated heterocycles. The highest BCUT2D eigenvalue weighted by Crippen LogP contribution is 2.34. The maximum atomic E-state index is 12.7. The lowest BCUT2D eigenvalue weighted by Gasteiger charge is -2.21.